The van der Waals surface area contributed by atoms with E-state index in [9.17, 15) is 8.78 Å². The van der Waals surface area contributed by atoms with Gasteiger partial charge in [-0.3, -0.25) is 4.98 Å². The van der Waals surface area contributed by atoms with Crippen molar-refractivity contribution in [1.82, 2.24) is 15.3 Å². The molecule has 6 heteroatoms. The first-order chi connectivity index (χ1) is 8.63. The number of hydrogen-bond donors (Lipinski definition) is 1. The number of alkyl halides is 2. The van der Waals surface area contributed by atoms with E-state index in [-0.39, 0.29) is 6.42 Å². The molecule has 0 bridgehead atoms. The quantitative estimate of drug-likeness (QED) is 0.820. The second-order valence-corrected chi connectivity index (χ2v) is 5.15. The lowest BCUT2D eigenvalue weighted by Crippen LogP contribution is -2.55. The van der Waals surface area contributed by atoms with Gasteiger partial charge >= 0.3 is 0 Å². The van der Waals surface area contributed by atoms with Crippen molar-refractivity contribution in [3.63, 3.8) is 0 Å². The number of nitrogens with one attached hydrogen (secondary N) is 1. The summed E-state index contributed by atoms with van der Waals surface area (Å²) in [5.74, 6) is -1.90. The number of nitrogens with zero attached hydrogens (tertiary/aromatic N) is 3. The first kappa shape index (κ1) is 11.8. The molecular weight excluding hydrogens is 238 g/mol. The standard InChI is InChI=1S/C12H16F2N4/c13-12(14)1-3-16-8-11(12)2-6-18(9-11)10-7-15-4-5-17-10/h4-5,7,16H,1-3,6,8-9H2/t11-/m0/s1. The molecule has 1 aromatic rings. The summed E-state index contributed by atoms with van der Waals surface area (Å²) in [7, 11) is 0. The number of anilines is 1. The molecule has 98 valence electrons. The lowest BCUT2D eigenvalue weighted by molar-refractivity contribution is -0.131. The minimum absolute atomic E-state index is 0.0681. The van der Waals surface area contributed by atoms with Gasteiger partial charge in [0.1, 0.15) is 5.82 Å². The minimum atomic E-state index is -2.59. The van der Waals surface area contributed by atoms with E-state index in [1.54, 1.807) is 18.6 Å². The Morgan fingerprint density at radius 3 is 2.89 bits per heavy atom. The highest BCUT2D eigenvalue weighted by atomic mass is 19.3. The van der Waals surface area contributed by atoms with Crippen molar-refractivity contribution in [3.05, 3.63) is 18.6 Å². The molecule has 0 aliphatic carbocycles. The summed E-state index contributed by atoms with van der Waals surface area (Å²) >= 11 is 0. The van der Waals surface area contributed by atoms with Gasteiger partial charge in [-0.05, 0) is 6.42 Å². The number of aromatic nitrogens is 2. The summed E-state index contributed by atoms with van der Waals surface area (Å²) in [6.07, 6.45) is 5.25. The summed E-state index contributed by atoms with van der Waals surface area (Å²) in [6.45, 7) is 1.76. The van der Waals surface area contributed by atoms with Gasteiger partial charge in [0.25, 0.3) is 5.92 Å². The Hall–Kier alpha value is -1.30. The van der Waals surface area contributed by atoms with Gasteiger partial charge in [-0.2, -0.15) is 0 Å². The fourth-order valence-electron chi connectivity index (χ4n) is 2.93. The van der Waals surface area contributed by atoms with E-state index in [1.165, 1.54) is 0 Å². The Morgan fingerprint density at radius 2 is 2.17 bits per heavy atom. The molecule has 1 atom stereocenters. The highest BCUT2D eigenvalue weighted by molar-refractivity contribution is 5.38. The van der Waals surface area contributed by atoms with E-state index in [0.29, 0.717) is 38.4 Å². The van der Waals surface area contributed by atoms with Crippen LogP contribution in [0.4, 0.5) is 14.6 Å². The molecule has 1 aromatic heterocycles. The third-order valence-corrected chi connectivity index (χ3v) is 4.08. The zero-order valence-corrected chi connectivity index (χ0v) is 10.1. The van der Waals surface area contributed by atoms with Gasteiger partial charge in [-0.15, -0.1) is 0 Å². The number of hydrogen-bond acceptors (Lipinski definition) is 4. The van der Waals surface area contributed by atoms with Crippen LogP contribution in [0, 0.1) is 5.41 Å². The SMILES string of the molecule is FC1(F)CCNC[C@]12CCN(c1cnccn1)C2. The van der Waals surface area contributed by atoms with E-state index in [0.717, 1.165) is 0 Å². The molecular formula is C12H16F2N4. The molecule has 0 amide bonds. The summed E-state index contributed by atoms with van der Waals surface area (Å²) in [5.41, 5.74) is -0.942. The van der Waals surface area contributed by atoms with Crippen LogP contribution in [0.5, 0.6) is 0 Å². The maximum absolute atomic E-state index is 14.2. The molecule has 3 heterocycles. The van der Waals surface area contributed by atoms with E-state index in [1.807, 2.05) is 4.90 Å². The van der Waals surface area contributed by atoms with Gasteiger partial charge in [-0.1, -0.05) is 0 Å². The summed E-state index contributed by atoms with van der Waals surface area (Å²) in [5, 5.41) is 3.10. The predicted molar refractivity (Wildman–Crippen MR) is 63.7 cm³/mol. The summed E-state index contributed by atoms with van der Waals surface area (Å²) in [6, 6.07) is 0. The molecule has 18 heavy (non-hydrogen) atoms. The second-order valence-electron chi connectivity index (χ2n) is 5.15. The molecule has 1 N–H and O–H groups in total. The third-order valence-electron chi connectivity index (χ3n) is 4.08. The van der Waals surface area contributed by atoms with Crippen LogP contribution in [0.15, 0.2) is 18.6 Å². The first-order valence-electron chi connectivity index (χ1n) is 6.23. The molecule has 2 aliphatic rings. The van der Waals surface area contributed by atoms with Crippen molar-refractivity contribution >= 4 is 5.82 Å². The Labute approximate surface area is 104 Å². The number of piperidine rings is 1. The highest BCUT2D eigenvalue weighted by Gasteiger charge is 2.57. The monoisotopic (exact) mass is 254 g/mol. The fourth-order valence-corrected chi connectivity index (χ4v) is 2.93. The maximum atomic E-state index is 14.2. The van der Waals surface area contributed by atoms with E-state index in [4.69, 9.17) is 0 Å². The molecule has 2 saturated heterocycles. The van der Waals surface area contributed by atoms with Crippen molar-refractivity contribution in [3.8, 4) is 0 Å². The Bertz CT molecular complexity index is 425. The van der Waals surface area contributed by atoms with Gasteiger partial charge in [0.2, 0.25) is 0 Å². The summed E-state index contributed by atoms with van der Waals surface area (Å²) in [4.78, 5) is 10.1. The molecule has 0 radical (unpaired) electrons. The molecule has 0 aromatic carbocycles. The molecule has 3 rings (SSSR count). The maximum Gasteiger partial charge on any atom is 0.257 e. The van der Waals surface area contributed by atoms with Gasteiger partial charge in [0.05, 0.1) is 11.6 Å². The Morgan fingerprint density at radius 1 is 1.28 bits per heavy atom. The normalized spacial score (nSPS) is 30.9. The van der Waals surface area contributed by atoms with Crippen molar-refractivity contribution in [1.29, 1.82) is 0 Å². The van der Waals surface area contributed by atoms with Crippen molar-refractivity contribution in [2.75, 3.05) is 31.1 Å². The molecule has 0 saturated carbocycles. The van der Waals surface area contributed by atoms with Crippen LogP contribution in [-0.4, -0.2) is 42.1 Å². The van der Waals surface area contributed by atoms with E-state index in [2.05, 4.69) is 15.3 Å². The van der Waals surface area contributed by atoms with Gasteiger partial charge in [0.15, 0.2) is 0 Å². The topological polar surface area (TPSA) is 41.0 Å². The van der Waals surface area contributed by atoms with Crippen LogP contribution in [0.25, 0.3) is 0 Å². The van der Waals surface area contributed by atoms with Crippen LogP contribution < -0.4 is 10.2 Å². The fraction of sp³-hybridized carbons (Fsp3) is 0.667. The lowest BCUT2D eigenvalue weighted by Gasteiger charge is -2.41. The molecule has 2 aliphatic heterocycles. The first-order valence-corrected chi connectivity index (χ1v) is 6.23. The number of halogens is 2. The Balaban J connectivity index is 1.82. The average molecular weight is 254 g/mol. The van der Waals surface area contributed by atoms with Gasteiger partial charge in [0, 0.05) is 45.0 Å². The Kier molecular flexibility index (Phi) is 2.69. The van der Waals surface area contributed by atoms with Crippen molar-refractivity contribution in [2.24, 2.45) is 5.41 Å². The van der Waals surface area contributed by atoms with Gasteiger partial charge < -0.3 is 10.2 Å². The average Bonchev–Trinajstić information content (AvgIpc) is 2.81. The van der Waals surface area contributed by atoms with Crippen LogP contribution in [0.2, 0.25) is 0 Å². The smallest absolute Gasteiger partial charge is 0.257 e. The molecule has 0 unspecified atom stereocenters. The minimum Gasteiger partial charge on any atom is -0.354 e. The van der Waals surface area contributed by atoms with E-state index >= 15 is 0 Å². The largest absolute Gasteiger partial charge is 0.354 e. The van der Waals surface area contributed by atoms with Crippen molar-refractivity contribution in [2.45, 2.75) is 18.8 Å². The zero-order valence-electron chi connectivity index (χ0n) is 10.1. The highest BCUT2D eigenvalue weighted by Crippen LogP contribution is 2.48. The van der Waals surface area contributed by atoms with Crippen LogP contribution in [0.3, 0.4) is 0 Å². The zero-order chi connectivity index (χ0) is 12.6. The van der Waals surface area contributed by atoms with Crippen molar-refractivity contribution < 1.29 is 8.78 Å². The lowest BCUT2D eigenvalue weighted by atomic mass is 9.76. The van der Waals surface area contributed by atoms with Gasteiger partial charge in [-0.25, -0.2) is 13.8 Å². The summed E-state index contributed by atoms with van der Waals surface area (Å²) < 4.78 is 28.3. The van der Waals surface area contributed by atoms with Crippen LogP contribution >= 0.6 is 0 Å². The van der Waals surface area contributed by atoms with E-state index < -0.39 is 11.3 Å². The molecule has 4 nitrogen and oxygen atoms in total. The number of rotatable bonds is 1. The molecule has 2 fully saturated rings. The third kappa shape index (κ3) is 1.75. The van der Waals surface area contributed by atoms with Crippen LogP contribution in [0.1, 0.15) is 12.8 Å². The second kappa shape index (κ2) is 4.12. The van der Waals surface area contributed by atoms with Crippen LogP contribution in [-0.2, 0) is 0 Å². The molecule has 1 spiro atoms. The predicted octanol–water partition coefficient (Wildman–Crippen LogP) is 1.30.